The fourth-order valence-corrected chi connectivity index (χ4v) is 5.45. The van der Waals surface area contributed by atoms with Crippen molar-refractivity contribution in [3.05, 3.63) is 63.9 Å². The Bertz CT molecular complexity index is 1430. The Morgan fingerprint density at radius 3 is 2.67 bits per heavy atom. The van der Waals surface area contributed by atoms with E-state index in [1.807, 2.05) is 25.7 Å². The van der Waals surface area contributed by atoms with Crippen molar-refractivity contribution in [3.63, 3.8) is 0 Å². The second-order valence-electron chi connectivity index (χ2n) is 10.0. The van der Waals surface area contributed by atoms with Gasteiger partial charge in [-0.15, -0.1) is 0 Å². The number of phenols is 1. The molecule has 0 spiro atoms. The molecular formula is C28H28ClF2N3O5. The molecule has 0 radical (unpaired) electrons. The predicted molar refractivity (Wildman–Crippen MR) is 141 cm³/mol. The van der Waals surface area contributed by atoms with E-state index in [0.29, 0.717) is 23.6 Å². The normalized spacial score (nSPS) is 17.3. The smallest absolute Gasteiger partial charge is 0.407 e. The summed E-state index contributed by atoms with van der Waals surface area (Å²) in [6, 6.07) is 5.06. The van der Waals surface area contributed by atoms with Gasteiger partial charge in [-0.25, -0.2) is 13.6 Å². The second-order valence-corrected chi connectivity index (χ2v) is 10.4. The van der Waals surface area contributed by atoms with Gasteiger partial charge >= 0.3 is 6.09 Å². The maximum atomic E-state index is 16.6. The van der Waals surface area contributed by atoms with Gasteiger partial charge in [0.05, 0.1) is 33.4 Å². The Morgan fingerprint density at radius 1 is 1.21 bits per heavy atom. The van der Waals surface area contributed by atoms with Gasteiger partial charge in [0.1, 0.15) is 23.9 Å². The van der Waals surface area contributed by atoms with E-state index in [2.05, 4.69) is 4.98 Å². The number of phenolic OH excluding ortho intramolecular Hbond substituents is 1. The summed E-state index contributed by atoms with van der Waals surface area (Å²) in [5.74, 6) is -2.13. The van der Waals surface area contributed by atoms with E-state index < -0.39 is 29.0 Å². The molecule has 11 heteroatoms. The van der Waals surface area contributed by atoms with Crippen LogP contribution >= 0.6 is 11.6 Å². The molecule has 3 heterocycles. The largest absolute Gasteiger partial charge is 0.507 e. The molecule has 5 rings (SSSR count). The molecule has 1 fully saturated rings. The lowest BCUT2D eigenvalue weighted by Gasteiger charge is -2.38. The first kappa shape index (κ1) is 27.0. The van der Waals surface area contributed by atoms with Gasteiger partial charge in [0.25, 0.3) is 0 Å². The number of piperazine rings is 1. The molecule has 3 aromatic rings. The molecule has 0 unspecified atom stereocenters. The summed E-state index contributed by atoms with van der Waals surface area (Å²) in [5.41, 5.74) is 0.828. The highest BCUT2D eigenvalue weighted by Crippen LogP contribution is 2.51. The van der Waals surface area contributed by atoms with Gasteiger partial charge in [0.15, 0.2) is 17.3 Å². The molecule has 0 aliphatic carbocycles. The molecule has 1 aromatic heterocycles. The van der Waals surface area contributed by atoms with Crippen LogP contribution in [0.3, 0.4) is 0 Å². The Balaban J connectivity index is 1.72. The maximum absolute atomic E-state index is 16.6. The highest BCUT2D eigenvalue weighted by molar-refractivity contribution is 6.35. The summed E-state index contributed by atoms with van der Waals surface area (Å²) in [5, 5.41) is 19.8. The standard InChI is InChI=1S/C28H28ClF2N3O5/c1-14(2)24-25(15(3)7-8-32-24)39-27-17-12-33-9-10-34(28(36)37)11-16(33)13-38-26(17)22(29)21(23(27)31)20-18(30)5-4-6-19(20)35/h4-8,14,16,35H,9-13H2,1-3H3,(H,36,37)/t16-/m0/s1. The number of aromatic nitrogens is 1. The quantitative estimate of drug-likeness (QED) is 0.395. The molecule has 2 aliphatic heterocycles. The molecular weight excluding hydrogens is 532 g/mol. The minimum atomic E-state index is -1.03. The lowest BCUT2D eigenvalue weighted by atomic mass is 9.98. The Kier molecular flexibility index (Phi) is 7.26. The Hall–Kier alpha value is -3.63. The van der Waals surface area contributed by atoms with Crippen molar-refractivity contribution in [1.82, 2.24) is 14.8 Å². The summed E-state index contributed by atoms with van der Waals surface area (Å²) in [4.78, 5) is 19.3. The van der Waals surface area contributed by atoms with E-state index in [1.165, 1.54) is 17.0 Å². The molecule has 2 N–H and O–H groups in total. The summed E-state index contributed by atoms with van der Waals surface area (Å²) in [7, 11) is 0. The van der Waals surface area contributed by atoms with Gasteiger partial charge in [0.2, 0.25) is 0 Å². The zero-order valence-corrected chi connectivity index (χ0v) is 22.4. The molecule has 0 saturated carbocycles. The van der Waals surface area contributed by atoms with E-state index >= 15 is 8.78 Å². The van der Waals surface area contributed by atoms with Crippen LogP contribution < -0.4 is 9.47 Å². The van der Waals surface area contributed by atoms with Gasteiger partial charge in [0, 0.05) is 32.4 Å². The number of hydrogen-bond donors (Lipinski definition) is 2. The van der Waals surface area contributed by atoms with Crippen LogP contribution in [-0.2, 0) is 6.54 Å². The number of aromatic hydroxyl groups is 1. The number of benzene rings is 2. The molecule has 39 heavy (non-hydrogen) atoms. The Morgan fingerprint density at radius 2 is 1.97 bits per heavy atom. The monoisotopic (exact) mass is 559 g/mol. The molecule has 8 nitrogen and oxygen atoms in total. The van der Waals surface area contributed by atoms with Crippen molar-refractivity contribution in [1.29, 1.82) is 0 Å². The van der Waals surface area contributed by atoms with Gasteiger partial charge in [-0.1, -0.05) is 31.5 Å². The first-order valence-corrected chi connectivity index (χ1v) is 13.0. The van der Waals surface area contributed by atoms with Crippen molar-refractivity contribution in [2.45, 2.75) is 39.3 Å². The molecule has 2 aromatic carbocycles. The predicted octanol–water partition coefficient (Wildman–Crippen LogP) is 6.17. The van der Waals surface area contributed by atoms with E-state index in [-0.39, 0.29) is 60.3 Å². The molecule has 1 amide bonds. The number of aryl methyl sites for hydroxylation is 1. The highest BCUT2D eigenvalue weighted by atomic mass is 35.5. The number of carbonyl (C=O) groups is 1. The number of amides is 1. The third kappa shape index (κ3) is 4.83. The number of halogens is 3. The van der Waals surface area contributed by atoms with Crippen LogP contribution in [0.25, 0.3) is 11.1 Å². The molecule has 0 bridgehead atoms. The van der Waals surface area contributed by atoms with Crippen molar-refractivity contribution in [3.8, 4) is 34.1 Å². The summed E-state index contributed by atoms with van der Waals surface area (Å²) < 4.78 is 44.0. The minimum Gasteiger partial charge on any atom is -0.507 e. The van der Waals surface area contributed by atoms with Crippen LogP contribution in [0.4, 0.5) is 13.6 Å². The van der Waals surface area contributed by atoms with Crippen LogP contribution in [-0.4, -0.2) is 63.4 Å². The number of rotatable bonds is 4. The molecule has 1 saturated heterocycles. The lowest BCUT2D eigenvalue weighted by Crippen LogP contribution is -2.55. The number of carboxylic acid groups (broad SMARTS) is 1. The number of ether oxygens (including phenoxy) is 2. The minimum absolute atomic E-state index is 0.0475. The molecule has 206 valence electrons. The number of fused-ring (bicyclic) bond motifs is 2. The van der Waals surface area contributed by atoms with Crippen LogP contribution in [0.5, 0.6) is 23.0 Å². The van der Waals surface area contributed by atoms with Crippen molar-refractivity contribution in [2.24, 2.45) is 0 Å². The second kappa shape index (κ2) is 10.5. The molecule has 2 aliphatic rings. The first-order chi connectivity index (χ1) is 18.6. The molecule has 1 atom stereocenters. The van der Waals surface area contributed by atoms with E-state index in [0.717, 1.165) is 11.6 Å². The van der Waals surface area contributed by atoms with E-state index in [4.69, 9.17) is 21.1 Å². The first-order valence-electron chi connectivity index (χ1n) is 12.6. The van der Waals surface area contributed by atoms with Crippen LogP contribution in [0.2, 0.25) is 5.02 Å². The van der Waals surface area contributed by atoms with Crippen LogP contribution in [0.1, 0.15) is 36.6 Å². The van der Waals surface area contributed by atoms with Crippen molar-refractivity contribution < 1.29 is 33.3 Å². The summed E-state index contributed by atoms with van der Waals surface area (Å²) >= 11 is 6.71. The zero-order valence-electron chi connectivity index (χ0n) is 21.7. The number of hydrogen-bond acceptors (Lipinski definition) is 6. The zero-order chi connectivity index (χ0) is 28.0. The van der Waals surface area contributed by atoms with Gasteiger partial charge in [-0.05, 0) is 36.6 Å². The average molecular weight is 560 g/mol. The fourth-order valence-electron chi connectivity index (χ4n) is 5.10. The highest BCUT2D eigenvalue weighted by Gasteiger charge is 2.38. The summed E-state index contributed by atoms with van der Waals surface area (Å²) in [6.45, 7) is 6.76. The number of pyridine rings is 1. The SMILES string of the molecule is Cc1ccnc(C(C)C)c1Oc1c(F)c(-c2c(O)cccc2F)c(Cl)c2c1CN1CCN(C(=O)O)C[C@H]1CO2. The Labute approximate surface area is 229 Å². The van der Waals surface area contributed by atoms with Crippen LogP contribution in [0.15, 0.2) is 30.5 Å². The topological polar surface area (TPSA) is 95.4 Å². The third-order valence-corrected chi connectivity index (χ3v) is 7.52. The van der Waals surface area contributed by atoms with E-state index in [1.54, 1.807) is 12.3 Å². The van der Waals surface area contributed by atoms with E-state index in [9.17, 15) is 15.0 Å². The average Bonchev–Trinajstić information content (AvgIpc) is 3.08. The van der Waals surface area contributed by atoms with Gasteiger partial charge in [-0.2, -0.15) is 0 Å². The van der Waals surface area contributed by atoms with Gasteiger partial charge < -0.3 is 24.6 Å². The summed E-state index contributed by atoms with van der Waals surface area (Å²) in [6.07, 6.45) is 0.615. The lowest BCUT2D eigenvalue weighted by molar-refractivity contribution is 0.0501. The van der Waals surface area contributed by atoms with Gasteiger partial charge in [-0.3, -0.25) is 9.88 Å². The third-order valence-electron chi connectivity index (χ3n) is 7.16. The fraction of sp³-hybridized carbons (Fsp3) is 0.357. The van der Waals surface area contributed by atoms with Crippen molar-refractivity contribution in [2.75, 3.05) is 26.2 Å². The van der Waals surface area contributed by atoms with Crippen molar-refractivity contribution >= 4 is 17.7 Å². The maximum Gasteiger partial charge on any atom is 0.407 e. The number of nitrogens with zero attached hydrogens (tertiary/aromatic N) is 3. The van der Waals surface area contributed by atoms with Crippen LogP contribution in [0, 0.1) is 18.6 Å².